The molecule has 36 heavy (non-hydrogen) atoms. The first-order valence-corrected chi connectivity index (χ1v) is 10.5. The highest BCUT2D eigenvalue weighted by atomic mass is 28.4. The van der Waals surface area contributed by atoms with Gasteiger partial charge in [-0.25, -0.2) is 0 Å². The van der Waals surface area contributed by atoms with Crippen LogP contribution in [0.25, 0.3) is 0 Å². The molecule has 0 rings (SSSR count). The Morgan fingerprint density at radius 2 is 0.722 bits per heavy atom. The molecular weight excluding hydrogens is 588 g/mol. The molecule has 0 saturated heterocycles. The van der Waals surface area contributed by atoms with E-state index in [0.717, 1.165) is 11.9 Å². The Kier molecular flexibility index (Phi) is 10.9. The summed E-state index contributed by atoms with van der Waals surface area (Å²) in [6.45, 7) is -0.250. The molecule has 0 aliphatic heterocycles. The normalized spacial score (nSPS) is 15.5. The lowest BCUT2D eigenvalue weighted by molar-refractivity contribution is -0.344. The second-order valence-electron chi connectivity index (χ2n) is 6.58. The largest absolute Gasteiger partial charge is 0.599 e. The molecular formula is C13H13F18NO3Si. The highest BCUT2D eigenvalue weighted by Crippen LogP contribution is 2.44. The summed E-state index contributed by atoms with van der Waals surface area (Å²) in [5, 5.41) is 0. The van der Waals surface area contributed by atoms with Gasteiger partial charge in [0, 0.05) is 0 Å². The van der Waals surface area contributed by atoms with Gasteiger partial charge in [0.15, 0.2) is 0 Å². The zero-order valence-electron chi connectivity index (χ0n) is 16.9. The van der Waals surface area contributed by atoms with Gasteiger partial charge in [0.1, 0.15) is 0 Å². The Balaban J connectivity index is 7.20. The fraction of sp³-hybridized carbons (Fsp3) is 1.00. The van der Waals surface area contributed by atoms with Crippen LogP contribution in [0.5, 0.6) is 0 Å². The van der Waals surface area contributed by atoms with E-state index in [1.807, 2.05) is 0 Å². The van der Waals surface area contributed by atoms with Gasteiger partial charge in [-0.15, -0.1) is 0 Å². The maximum atomic E-state index is 12.9. The van der Waals surface area contributed by atoms with E-state index in [1.54, 1.807) is 0 Å². The fourth-order valence-corrected chi connectivity index (χ4v) is 4.68. The summed E-state index contributed by atoms with van der Waals surface area (Å²) in [5.74, 6) is 0. The number of halogens is 18. The van der Waals surface area contributed by atoms with E-state index in [9.17, 15) is 79.0 Å². The molecule has 0 spiro atoms. The molecule has 0 aromatic rings. The van der Waals surface area contributed by atoms with Crippen LogP contribution in [0.4, 0.5) is 79.0 Å². The Bertz CT molecular complexity index is 553. The van der Waals surface area contributed by atoms with E-state index in [1.165, 1.54) is 0 Å². The first-order chi connectivity index (χ1) is 15.6. The molecule has 0 aromatic heterocycles. The molecule has 23 heteroatoms. The molecule has 0 aliphatic carbocycles. The molecule has 0 heterocycles. The zero-order valence-corrected chi connectivity index (χ0v) is 17.9. The van der Waals surface area contributed by atoms with Gasteiger partial charge in [-0.1, -0.05) is 13.3 Å². The maximum Gasteiger partial charge on any atom is 0.599 e. The fourth-order valence-electron chi connectivity index (χ4n) is 2.05. The standard InChI is InChI=1S/C13H13F18NO3Si/c1-2-3-4-32-36(33-5(8(14,15)16)9(17,18)19,34-6(10(20,21)22)11(23,24)25)35-7(12(26,27)28)13(29,30)31/h5-7,32H,2-4H2,1H3. The second kappa shape index (κ2) is 11.3. The smallest absolute Gasteiger partial charge is 0.340 e. The molecule has 4 nitrogen and oxygen atoms in total. The Hall–Kier alpha value is -1.20. The summed E-state index contributed by atoms with van der Waals surface area (Å²) in [4.78, 5) is 0.830. The third-order valence-electron chi connectivity index (χ3n) is 3.47. The lowest BCUT2D eigenvalue weighted by Gasteiger charge is -2.39. The highest BCUT2D eigenvalue weighted by Gasteiger charge is 2.71. The van der Waals surface area contributed by atoms with Crippen LogP contribution in [0.1, 0.15) is 19.8 Å². The summed E-state index contributed by atoms with van der Waals surface area (Å²) < 4.78 is 241. The van der Waals surface area contributed by atoms with Crippen LogP contribution in [0, 0.1) is 0 Å². The zero-order chi connectivity index (χ0) is 29.2. The van der Waals surface area contributed by atoms with Crippen molar-refractivity contribution >= 4 is 8.97 Å². The van der Waals surface area contributed by atoms with Gasteiger partial charge in [-0.05, 0) is 13.0 Å². The van der Waals surface area contributed by atoms with Gasteiger partial charge < -0.3 is 13.3 Å². The number of hydrogen-bond donors (Lipinski definition) is 1. The maximum absolute atomic E-state index is 12.9. The van der Waals surface area contributed by atoms with Crippen molar-refractivity contribution < 1.29 is 92.3 Å². The SMILES string of the molecule is CCCCN[Si](OC(C(F)(F)F)C(F)(F)F)(OC(C(F)(F)F)C(F)(F)F)OC(C(F)(F)F)C(F)(F)F. The van der Waals surface area contributed by atoms with Crippen molar-refractivity contribution in [1.29, 1.82) is 0 Å². The minimum atomic E-state index is -7.75. The van der Waals surface area contributed by atoms with Crippen molar-refractivity contribution in [2.75, 3.05) is 6.54 Å². The molecule has 0 fully saturated rings. The predicted octanol–water partition coefficient (Wildman–Crippen LogP) is 6.34. The van der Waals surface area contributed by atoms with Gasteiger partial charge in [-0.3, -0.25) is 4.98 Å². The number of alkyl halides is 18. The molecule has 0 unspecified atom stereocenters. The predicted molar refractivity (Wildman–Crippen MR) is 79.6 cm³/mol. The summed E-state index contributed by atoms with van der Waals surface area (Å²) >= 11 is 0. The monoisotopic (exact) mass is 601 g/mol. The van der Waals surface area contributed by atoms with E-state index >= 15 is 0 Å². The molecule has 0 bridgehead atoms. The van der Waals surface area contributed by atoms with Crippen LogP contribution in [0.15, 0.2) is 0 Å². The van der Waals surface area contributed by atoms with Crippen LogP contribution in [-0.2, 0) is 13.3 Å². The average molecular weight is 601 g/mol. The van der Waals surface area contributed by atoms with Gasteiger partial charge in [-0.2, -0.15) is 79.0 Å². The number of rotatable bonds is 10. The molecule has 1 N–H and O–H groups in total. The average Bonchev–Trinajstić information content (AvgIpc) is 2.56. The van der Waals surface area contributed by atoms with Crippen LogP contribution in [0.3, 0.4) is 0 Å². The van der Waals surface area contributed by atoms with Crippen LogP contribution in [0.2, 0.25) is 0 Å². The van der Waals surface area contributed by atoms with E-state index in [4.69, 9.17) is 0 Å². The van der Waals surface area contributed by atoms with Crippen molar-refractivity contribution in [3.63, 3.8) is 0 Å². The summed E-state index contributed by atoms with van der Waals surface area (Å²) in [7, 11) is -7.75. The molecule has 0 saturated carbocycles. The molecule has 218 valence electrons. The third kappa shape index (κ3) is 10.7. The van der Waals surface area contributed by atoms with E-state index in [2.05, 4.69) is 13.3 Å². The number of hydrogen-bond acceptors (Lipinski definition) is 4. The Labute approximate surface area is 189 Å². The van der Waals surface area contributed by atoms with Crippen molar-refractivity contribution in [2.24, 2.45) is 0 Å². The van der Waals surface area contributed by atoms with E-state index in [-0.39, 0.29) is 6.42 Å². The second-order valence-corrected chi connectivity index (χ2v) is 8.75. The van der Waals surface area contributed by atoms with Gasteiger partial charge in [0.2, 0.25) is 18.3 Å². The van der Waals surface area contributed by atoms with Crippen LogP contribution >= 0.6 is 0 Å². The molecule has 0 aromatic carbocycles. The summed E-state index contributed by atoms with van der Waals surface area (Å²) in [6.07, 6.45) is -58.5. The third-order valence-corrected chi connectivity index (χ3v) is 5.80. The quantitative estimate of drug-likeness (QED) is 0.180. The first kappa shape index (κ1) is 34.8. The van der Waals surface area contributed by atoms with Crippen molar-refractivity contribution in [3.05, 3.63) is 0 Å². The van der Waals surface area contributed by atoms with Crippen molar-refractivity contribution in [1.82, 2.24) is 4.98 Å². The number of nitrogens with one attached hydrogen (secondary N) is 1. The highest BCUT2D eigenvalue weighted by molar-refractivity contribution is 6.58. The molecule has 0 radical (unpaired) electrons. The summed E-state index contributed by atoms with van der Waals surface area (Å²) in [6, 6.07) is 0. The number of unbranched alkanes of at least 4 members (excludes halogenated alkanes) is 1. The van der Waals surface area contributed by atoms with Gasteiger partial charge in [0.25, 0.3) is 0 Å². The van der Waals surface area contributed by atoms with Gasteiger partial charge >= 0.3 is 46.0 Å². The van der Waals surface area contributed by atoms with E-state index < -0.39 is 77.3 Å². The van der Waals surface area contributed by atoms with Crippen molar-refractivity contribution in [2.45, 2.75) is 75.1 Å². The molecule has 0 aliphatic rings. The van der Waals surface area contributed by atoms with Crippen LogP contribution in [-0.4, -0.2) is 70.9 Å². The lowest BCUT2D eigenvalue weighted by atomic mass is 10.3. The minimum absolute atomic E-state index is 0.233. The van der Waals surface area contributed by atoms with Crippen LogP contribution < -0.4 is 4.98 Å². The summed E-state index contributed by atoms with van der Waals surface area (Å²) in [5.41, 5.74) is 0. The van der Waals surface area contributed by atoms with Gasteiger partial charge in [0.05, 0.1) is 0 Å². The Morgan fingerprint density at radius 1 is 0.500 bits per heavy atom. The first-order valence-electron chi connectivity index (χ1n) is 8.76. The molecule has 0 amide bonds. The van der Waals surface area contributed by atoms with E-state index in [0.29, 0.717) is 0 Å². The lowest BCUT2D eigenvalue weighted by Crippen LogP contribution is -2.70. The molecule has 0 atom stereocenters. The minimum Gasteiger partial charge on any atom is -0.340 e. The Morgan fingerprint density at radius 3 is 0.889 bits per heavy atom. The van der Waals surface area contributed by atoms with Crippen molar-refractivity contribution in [3.8, 4) is 0 Å². The topological polar surface area (TPSA) is 39.7 Å².